The second-order valence-electron chi connectivity index (χ2n) is 8.89. The molecule has 1 aliphatic carbocycles. The Morgan fingerprint density at radius 3 is 2.67 bits per heavy atom. The SMILES string of the molecule is CC(C)Oc1ccc(OCc2nnc(C3(CCNC(=O)COc4ccc(Cl)c(F)c4)CCC3)o2)cn1. The molecule has 1 aromatic carbocycles. The third kappa shape index (κ3) is 6.63. The van der Waals surface area contributed by atoms with E-state index in [-0.39, 0.29) is 41.4 Å². The number of halogens is 2. The van der Waals surface area contributed by atoms with E-state index in [0.717, 1.165) is 25.3 Å². The number of pyridine rings is 1. The normalized spacial score (nSPS) is 14.2. The molecule has 0 spiro atoms. The van der Waals surface area contributed by atoms with Crippen LogP contribution in [-0.2, 0) is 16.8 Å². The molecule has 0 bridgehead atoms. The Morgan fingerprint density at radius 1 is 1.19 bits per heavy atom. The quantitative estimate of drug-likeness (QED) is 0.369. The summed E-state index contributed by atoms with van der Waals surface area (Å²) in [6.45, 7) is 4.18. The molecule has 0 radical (unpaired) electrons. The van der Waals surface area contributed by atoms with Gasteiger partial charge in [0.05, 0.1) is 22.7 Å². The summed E-state index contributed by atoms with van der Waals surface area (Å²) in [7, 11) is 0. The molecule has 0 saturated heterocycles. The van der Waals surface area contributed by atoms with Gasteiger partial charge in [-0.1, -0.05) is 18.0 Å². The number of hydrogen-bond acceptors (Lipinski definition) is 8. The van der Waals surface area contributed by atoms with Gasteiger partial charge in [-0.2, -0.15) is 0 Å². The van der Waals surface area contributed by atoms with Crippen molar-refractivity contribution in [2.75, 3.05) is 13.2 Å². The summed E-state index contributed by atoms with van der Waals surface area (Å²) < 4.78 is 35.9. The highest BCUT2D eigenvalue weighted by Gasteiger charge is 2.43. The first-order valence-corrected chi connectivity index (χ1v) is 12.1. The largest absolute Gasteiger partial charge is 0.484 e. The van der Waals surface area contributed by atoms with Gasteiger partial charge in [0, 0.05) is 18.7 Å². The molecule has 2 aromatic heterocycles. The Labute approximate surface area is 213 Å². The predicted octanol–water partition coefficient (Wildman–Crippen LogP) is 4.63. The van der Waals surface area contributed by atoms with Gasteiger partial charge in [-0.05, 0) is 51.3 Å². The number of ether oxygens (including phenoxy) is 3. The molecule has 1 saturated carbocycles. The Bertz CT molecular complexity index is 1170. The zero-order valence-electron chi connectivity index (χ0n) is 20.1. The molecule has 36 heavy (non-hydrogen) atoms. The van der Waals surface area contributed by atoms with E-state index in [0.29, 0.717) is 36.4 Å². The average Bonchev–Trinajstić information content (AvgIpc) is 3.30. The van der Waals surface area contributed by atoms with E-state index < -0.39 is 5.82 Å². The maximum atomic E-state index is 13.5. The van der Waals surface area contributed by atoms with E-state index in [1.54, 1.807) is 18.3 Å². The third-order valence-electron chi connectivity index (χ3n) is 5.85. The average molecular weight is 519 g/mol. The molecule has 0 unspecified atom stereocenters. The fourth-order valence-electron chi connectivity index (χ4n) is 3.82. The number of aromatic nitrogens is 3. The highest BCUT2D eigenvalue weighted by atomic mass is 35.5. The maximum Gasteiger partial charge on any atom is 0.257 e. The van der Waals surface area contributed by atoms with Gasteiger partial charge in [0.1, 0.15) is 17.3 Å². The monoisotopic (exact) mass is 518 g/mol. The van der Waals surface area contributed by atoms with Gasteiger partial charge < -0.3 is 23.9 Å². The Kier molecular flexibility index (Phi) is 8.25. The molecule has 1 aliphatic rings. The molecular formula is C25H28ClFN4O5. The van der Waals surface area contributed by atoms with Gasteiger partial charge in [-0.3, -0.25) is 4.79 Å². The van der Waals surface area contributed by atoms with Crippen LogP contribution in [0.1, 0.15) is 51.3 Å². The standard InChI is InChI=1S/C25H28ClFN4O5/c1-16(2)35-22-7-5-18(13-29-22)34-15-23-30-31-24(36-23)25(8-3-9-25)10-11-28-21(32)14-33-17-4-6-19(26)20(27)12-17/h4-7,12-13,16H,3,8-11,14-15H2,1-2H3,(H,28,32). The molecule has 9 nitrogen and oxygen atoms in total. The highest BCUT2D eigenvalue weighted by Crippen LogP contribution is 2.45. The van der Waals surface area contributed by atoms with Gasteiger partial charge in [0.2, 0.25) is 11.8 Å². The van der Waals surface area contributed by atoms with E-state index in [1.807, 2.05) is 13.8 Å². The number of hydrogen-bond donors (Lipinski definition) is 1. The predicted molar refractivity (Wildman–Crippen MR) is 129 cm³/mol. The van der Waals surface area contributed by atoms with Crippen LogP contribution in [0.2, 0.25) is 5.02 Å². The molecule has 1 fully saturated rings. The third-order valence-corrected chi connectivity index (χ3v) is 6.15. The number of nitrogens with zero attached hydrogens (tertiary/aromatic N) is 3. The van der Waals surface area contributed by atoms with E-state index >= 15 is 0 Å². The molecule has 11 heteroatoms. The van der Waals surface area contributed by atoms with Crippen molar-refractivity contribution in [3.8, 4) is 17.4 Å². The molecule has 192 valence electrons. The second-order valence-corrected chi connectivity index (χ2v) is 9.29. The summed E-state index contributed by atoms with van der Waals surface area (Å²) in [4.78, 5) is 16.4. The minimum absolute atomic E-state index is 0.00351. The van der Waals surface area contributed by atoms with Crippen molar-refractivity contribution in [3.63, 3.8) is 0 Å². The van der Waals surface area contributed by atoms with Crippen LogP contribution in [-0.4, -0.2) is 40.3 Å². The second kappa shape index (κ2) is 11.6. The van der Waals surface area contributed by atoms with Crippen LogP contribution in [0.15, 0.2) is 40.9 Å². The molecule has 1 N–H and O–H groups in total. The van der Waals surface area contributed by atoms with Crippen molar-refractivity contribution in [2.24, 2.45) is 0 Å². The lowest BCUT2D eigenvalue weighted by Gasteiger charge is -2.38. The van der Waals surface area contributed by atoms with Gasteiger partial charge in [0.25, 0.3) is 11.8 Å². The lowest BCUT2D eigenvalue weighted by atomic mass is 9.66. The summed E-state index contributed by atoms with van der Waals surface area (Å²) in [5.74, 6) is 1.34. The first kappa shape index (κ1) is 25.7. The molecular weight excluding hydrogens is 491 g/mol. The summed E-state index contributed by atoms with van der Waals surface area (Å²) in [5.41, 5.74) is -0.268. The number of nitrogens with one attached hydrogen (secondary N) is 1. The van der Waals surface area contributed by atoms with Crippen LogP contribution in [0.5, 0.6) is 17.4 Å². The van der Waals surface area contributed by atoms with Crippen molar-refractivity contribution in [1.29, 1.82) is 0 Å². The van der Waals surface area contributed by atoms with Crippen LogP contribution < -0.4 is 19.5 Å². The first-order chi connectivity index (χ1) is 17.3. The molecule has 0 aliphatic heterocycles. The van der Waals surface area contributed by atoms with Crippen molar-refractivity contribution >= 4 is 17.5 Å². The van der Waals surface area contributed by atoms with Gasteiger partial charge in [-0.25, -0.2) is 9.37 Å². The maximum absolute atomic E-state index is 13.5. The molecule has 0 atom stereocenters. The van der Waals surface area contributed by atoms with Crippen molar-refractivity contribution in [2.45, 2.75) is 57.7 Å². The summed E-state index contributed by atoms with van der Waals surface area (Å²) in [6.07, 6.45) is 5.11. The Morgan fingerprint density at radius 2 is 2.00 bits per heavy atom. The summed E-state index contributed by atoms with van der Waals surface area (Å²) >= 11 is 5.65. The van der Waals surface area contributed by atoms with Gasteiger partial charge >= 0.3 is 0 Å². The van der Waals surface area contributed by atoms with E-state index in [1.165, 1.54) is 12.1 Å². The Balaban J connectivity index is 1.23. The van der Waals surface area contributed by atoms with Crippen molar-refractivity contribution < 1.29 is 27.8 Å². The van der Waals surface area contributed by atoms with Crippen LogP contribution in [0.3, 0.4) is 0 Å². The summed E-state index contributed by atoms with van der Waals surface area (Å²) in [5, 5.41) is 11.2. The fraction of sp³-hybridized carbons (Fsp3) is 0.440. The highest BCUT2D eigenvalue weighted by molar-refractivity contribution is 6.30. The number of rotatable bonds is 12. The smallest absolute Gasteiger partial charge is 0.257 e. The fourth-order valence-corrected chi connectivity index (χ4v) is 3.93. The zero-order valence-corrected chi connectivity index (χ0v) is 20.9. The van der Waals surface area contributed by atoms with E-state index in [4.69, 9.17) is 30.2 Å². The van der Waals surface area contributed by atoms with Crippen molar-refractivity contribution in [3.05, 3.63) is 59.1 Å². The summed E-state index contributed by atoms with van der Waals surface area (Å²) in [6, 6.07) is 7.54. The first-order valence-electron chi connectivity index (χ1n) is 11.8. The van der Waals surface area contributed by atoms with Crippen LogP contribution in [0.4, 0.5) is 4.39 Å². The number of benzene rings is 1. The molecule has 1 amide bonds. The lowest BCUT2D eigenvalue weighted by Crippen LogP contribution is -2.39. The number of amides is 1. The van der Waals surface area contributed by atoms with E-state index in [9.17, 15) is 9.18 Å². The molecule has 4 rings (SSSR count). The van der Waals surface area contributed by atoms with Crippen LogP contribution in [0, 0.1) is 5.82 Å². The lowest BCUT2D eigenvalue weighted by molar-refractivity contribution is -0.123. The molecule has 2 heterocycles. The zero-order chi connectivity index (χ0) is 25.5. The van der Waals surface area contributed by atoms with Crippen LogP contribution in [0.25, 0.3) is 0 Å². The minimum atomic E-state index is -0.600. The van der Waals surface area contributed by atoms with Crippen LogP contribution >= 0.6 is 11.6 Å². The molecule has 3 aromatic rings. The van der Waals surface area contributed by atoms with Crippen molar-refractivity contribution in [1.82, 2.24) is 20.5 Å². The minimum Gasteiger partial charge on any atom is -0.484 e. The number of carbonyl (C=O) groups is 1. The number of carbonyl (C=O) groups excluding carboxylic acids is 1. The topological polar surface area (TPSA) is 109 Å². The Hall–Kier alpha value is -3.40. The van der Waals surface area contributed by atoms with Gasteiger partial charge in [0.15, 0.2) is 13.2 Å². The van der Waals surface area contributed by atoms with Gasteiger partial charge in [-0.15, -0.1) is 10.2 Å². The van der Waals surface area contributed by atoms with E-state index in [2.05, 4.69) is 20.5 Å².